The Labute approximate surface area is 181 Å². The number of carbonyl (C=O) groups excluding carboxylic acids is 1. The number of benzene rings is 2. The quantitative estimate of drug-likeness (QED) is 0.516. The molecule has 6 nitrogen and oxygen atoms in total. The van der Waals surface area contributed by atoms with Gasteiger partial charge in [-0.25, -0.2) is 0 Å². The summed E-state index contributed by atoms with van der Waals surface area (Å²) in [5.41, 5.74) is 7.42. The van der Waals surface area contributed by atoms with E-state index in [9.17, 15) is 4.79 Å². The zero-order valence-corrected chi connectivity index (χ0v) is 17.1. The van der Waals surface area contributed by atoms with Gasteiger partial charge in [0.25, 0.3) is 5.91 Å². The first-order valence-corrected chi connectivity index (χ1v) is 10.4. The first-order chi connectivity index (χ1) is 15.3. The lowest BCUT2D eigenvalue weighted by Gasteiger charge is -2.29. The van der Waals surface area contributed by atoms with Gasteiger partial charge in [-0.3, -0.25) is 19.8 Å². The molecule has 6 heteroatoms. The number of hydrogen-bond donors (Lipinski definition) is 2. The number of anilines is 1. The standard InChI is InChI=1S/C25H23N5O/c31-25(20-8-11-26-12-9-20)28-23-7-6-18-10-13-30(16-21(18)14-23)17-22-15-27-29-24(22)19-4-2-1-3-5-19/h1-9,11-12,14-15H,10,13,16-17H2,(H,27,29)(H,28,31). The molecule has 2 aromatic carbocycles. The normalized spacial score (nSPS) is 13.5. The number of H-pyrrole nitrogens is 1. The van der Waals surface area contributed by atoms with Crippen molar-refractivity contribution in [2.24, 2.45) is 0 Å². The molecule has 0 bridgehead atoms. The topological polar surface area (TPSA) is 73.9 Å². The van der Waals surface area contributed by atoms with E-state index >= 15 is 0 Å². The van der Waals surface area contributed by atoms with E-state index in [-0.39, 0.29) is 5.91 Å². The number of carbonyl (C=O) groups is 1. The minimum atomic E-state index is -0.124. The largest absolute Gasteiger partial charge is 0.322 e. The minimum Gasteiger partial charge on any atom is -0.322 e. The van der Waals surface area contributed by atoms with E-state index in [0.29, 0.717) is 5.56 Å². The number of nitrogens with one attached hydrogen (secondary N) is 2. The van der Waals surface area contributed by atoms with E-state index < -0.39 is 0 Å². The van der Waals surface area contributed by atoms with Crippen molar-refractivity contribution < 1.29 is 4.79 Å². The third-order valence-corrected chi connectivity index (χ3v) is 5.67. The first-order valence-electron chi connectivity index (χ1n) is 10.4. The molecule has 1 aliphatic rings. The van der Waals surface area contributed by atoms with Crippen LogP contribution in [0.15, 0.2) is 79.3 Å². The number of nitrogens with zero attached hydrogens (tertiary/aromatic N) is 3. The van der Waals surface area contributed by atoms with Crippen molar-refractivity contribution in [2.75, 3.05) is 11.9 Å². The predicted octanol–water partition coefficient (Wildman–Crippen LogP) is 4.28. The third kappa shape index (κ3) is 4.25. The van der Waals surface area contributed by atoms with E-state index in [2.05, 4.69) is 49.7 Å². The fourth-order valence-electron chi connectivity index (χ4n) is 4.06. The monoisotopic (exact) mass is 409 g/mol. The molecule has 2 N–H and O–H groups in total. The number of amides is 1. The average Bonchev–Trinajstić information content (AvgIpc) is 3.28. The molecule has 154 valence electrons. The molecule has 3 heterocycles. The van der Waals surface area contributed by atoms with Crippen LogP contribution in [0.1, 0.15) is 27.0 Å². The summed E-state index contributed by atoms with van der Waals surface area (Å²) in [6.07, 6.45) is 6.16. The Hall–Kier alpha value is -3.77. The molecule has 4 aromatic rings. The Morgan fingerprint density at radius 2 is 1.87 bits per heavy atom. The smallest absolute Gasteiger partial charge is 0.255 e. The maximum Gasteiger partial charge on any atom is 0.255 e. The van der Waals surface area contributed by atoms with Gasteiger partial charge in [0, 0.05) is 48.8 Å². The lowest BCUT2D eigenvalue weighted by Crippen LogP contribution is -2.30. The van der Waals surface area contributed by atoms with E-state index in [1.165, 1.54) is 16.7 Å². The van der Waals surface area contributed by atoms with E-state index in [0.717, 1.165) is 43.0 Å². The van der Waals surface area contributed by atoms with Crippen LogP contribution in [-0.2, 0) is 19.5 Å². The summed E-state index contributed by atoms with van der Waals surface area (Å²) in [7, 11) is 0. The first kappa shape index (κ1) is 19.2. The van der Waals surface area contributed by atoms with Crippen LogP contribution in [0.3, 0.4) is 0 Å². The number of aromatic amines is 1. The molecule has 1 amide bonds. The molecule has 0 saturated heterocycles. The zero-order chi connectivity index (χ0) is 21.0. The SMILES string of the molecule is O=C(Nc1ccc2c(c1)CN(Cc1cn[nH]c1-c1ccccc1)CC2)c1ccncc1. The summed E-state index contributed by atoms with van der Waals surface area (Å²) in [6, 6.07) is 19.9. The third-order valence-electron chi connectivity index (χ3n) is 5.67. The van der Waals surface area contributed by atoms with Gasteiger partial charge in [0.15, 0.2) is 0 Å². The maximum atomic E-state index is 12.5. The summed E-state index contributed by atoms with van der Waals surface area (Å²) in [5, 5.41) is 10.4. The molecule has 1 aliphatic heterocycles. The molecule has 2 aromatic heterocycles. The summed E-state index contributed by atoms with van der Waals surface area (Å²) in [6.45, 7) is 2.66. The van der Waals surface area contributed by atoms with Crippen LogP contribution in [0, 0.1) is 0 Å². The highest BCUT2D eigenvalue weighted by molar-refractivity contribution is 6.04. The van der Waals surface area contributed by atoms with Crippen molar-refractivity contribution in [3.63, 3.8) is 0 Å². The zero-order valence-electron chi connectivity index (χ0n) is 17.1. The molecular weight excluding hydrogens is 386 g/mol. The second kappa shape index (κ2) is 8.53. The second-order valence-corrected chi connectivity index (χ2v) is 7.77. The van der Waals surface area contributed by atoms with E-state index in [1.54, 1.807) is 24.5 Å². The Balaban J connectivity index is 1.30. The summed E-state index contributed by atoms with van der Waals surface area (Å²) < 4.78 is 0. The fraction of sp³-hybridized carbons (Fsp3) is 0.160. The van der Waals surface area contributed by atoms with Crippen LogP contribution in [0.25, 0.3) is 11.3 Å². The Morgan fingerprint density at radius 1 is 1.03 bits per heavy atom. The number of aromatic nitrogens is 3. The highest BCUT2D eigenvalue weighted by atomic mass is 16.1. The van der Waals surface area contributed by atoms with Crippen LogP contribution >= 0.6 is 0 Å². The second-order valence-electron chi connectivity index (χ2n) is 7.77. The number of fused-ring (bicyclic) bond motifs is 1. The molecule has 5 rings (SSSR count). The van der Waals surface area contributed by atoms with Gasteiger partial charge in [0.1, 0.15) is 0 Å². The molecule has 0 saturated carbocycles. The highest BCUT2D eigenvalue weighted by Crippen LogP contribution is 2.27. The summed E-state index contributed by atoms with van der Waals surface area (Å²) >= 11 is 0. The molecule has 31 heavy (non-hydrogen) atoms. The van der Waals surface area contributed by atoms with Gasteiger partial charge in [-0.1, -0.05) is 36.4 Å². The predicted molar refractivity (Wildman–Crippen MR) is 120 cm³/mol. The van der Waals surface area contributed by atoms with Crippen molar-refractivity contribution in [1.82, 2.24) is 20.1 Å². The van der Waals surface area contributed by atoms with Crippen molar-refractivity contribution >= 4 is 11.6 Å². The van der Waals surface area contributed by atoms with Crippen LogP contribution in [-0.4, -0.2) is 32.5 Å². The molecule has 0 unspecified atom stereocenters. The van der Waals surface area contributed by atoms with Crippen molar-refractivity contribution in [3.8, 4) is 11.3 Å². The van der Waals surface area contributed by atoms with Gasteiger partial charge in [-0.2, -0.15) is 5.10 Å². The average molecular weight is 409 g/mol. The minimum absolute atomic E-state index is 0.124. The Morgan fingerprint density at radius 3 is 2.71 bits per heavy atom. The van der Waals surface area contributed by atoms with Gasteiger partial charge in [-0.15, -0.1) is 0 Å². The molecule has 0 atom stereocenters. The maximum absolute atomic E-state index is 12.5. The van der Waals surface area contributed by atoms with E-state index in [1.807, 2.05) is 30.5 Å². The molecule has 0 radical (unpaired) electrons. The Bertz CT molecular complexity index is 1190. The molecule has 0 spiro atoms. The number of pyridine rings is 1. The van der Waals surface area contributed by atoms with Crippen LogP contribution in [0.4, 0.5) is 5.69 Å². The van der Waals surface area contributed by atoms with Crippen molar-refractivity contribution in [1.29, 1.82) is 0 Å². The molecule has 0 fully saturated rings. The van der Waals surface area contributed by atoms with Crippen LogP contribution in [0.2, 0.25) is 0 Å². The number of hydrogen-bond acceptors (Lipinski definition) is 4. The number of rotatable bonds is 5. The lowest BCUT2D eigenvalue weighted by atomic mass is 9.98. The van der Waals surface area contributed by atoms with Crippen molar-refractivity contribution in [3.05, 3.63) is 102 Å². The Kier molecular flexibility index (Phi) is 5.29. The van der Waals surface area contributed by atoms with Gasteiger partial charge >= 0.3 is 0 Å². The molecular formula is C25H23N5O. The fourth-order valence-corrected chi connectivity index (χ4v) is 4.06. The van der Waals surface area contributed by atoms with Gasteiger partial charge in [0.05, 0.1) is 11.9 Å². The highest BCUT2D eigenvalue weighted by Gasteiger charge is 2.19. The van der Waals surface area contributed by atoms with Gasteiger partial charge < -0.3 is 5.32 Å². The molecule has 0 aliphatic carbocycles. The van der Waals surface area contributed by atoms with Crippen LogP contribution in [0.5, 0.6) is 0 Å². The van der Waals surface area contributed by atoms with Gasteiger partial charge in [-0.05, 0) is 47.4 Å². The van der Waals surface area contributed by atoms with E-state index in [4.69, 9.17) is 0 Å². The van der Waals surface area contributed by atoms with Gasteiger partial charge in [0.2, 0.25) is 0 Å². The van der Waals surface area contributed by atoms with Crippen molar-refractivity contribution in [2.45, 2.75) is 19.5 Å². The summed E-state index contributed by atoms with van der Waals surface area (Å²) in [5.74, 6) is -0.124. The van der Waals surface area contributed by atoms with Crippen LogP contribution < -0.4 is 5.32 Å². The summed E-state index contributed by atoms with van der Waals surface area (Å²) in [4.78, 5) is 18.9. The lowest BCUT2D eigenvalue weighted by molar-refractivity contribution is 0.102.